The molecular weight excluding hydrogens is 226 g/mol. The maximum absolute atomic E-state index is 11.8. The van der Waals surface area contributed by atoms with Gasteiger partial charge < -0.3 is 5.11 Å². The standard InChI is InChI=1S/C11H23NO3S/c1-9(2)6-7-16(14,15)12-11-5-3-4-10(11)8-13/h9-13H,3-8H2,1-2H3. The summed E-state index contributed by atoms with van der Waals surface area (Å²) in [5, 5.41) is 9.12. The second-order valence-electron chi connectivity index (χ2n) is 5.10. The van der Waals surface area contributed by atoms with Gasteiger partial charge in [0.2, 0.25) is 10.0 Å². The number of hydrogen-bond donors (Lipinski definition) is 2. The number of aliphatic hydroxyl groups is 1. The van der Waals surface area contributed by atoms with Crippen molar-refractivity contribution in [2.75, 3.05) is 12.4 Å². The predicted molar refractivity (Wildman–Crippen MR) is 64.6 cm³/mol. The van der Waals surface area contributed by atoms with Crippen LogP contribution in [-0.4, -0.2) is 31.9 Å². The number of hydrogen-bond acceptors (Lipinski definition) is 3. The van der Waals surface area contributed by atoms with Crippen LogP contribution in [0, 0.1) is 11.8 Å². The van der Waals surface area contributed by atoms with Gasteiger partial charge in [-0.2, -0.15) is 0 Å². The van der Waals surface area contributed by atoms with Gasteiger partial charge in [0.05, 0.1) is 5.75 Å². The average Bonchev–Trinajstić information content (AvgIpc) is 2.61. The lowest BCUT2D eigenvalue weighted by molar-refractivity contribution is 0.213. The molecule has 0 aromatic rings. The van der Waals surface area contributed by atoms with Crippen LogP contribution in [0.2, 0.25) is 0 Å². The van der Waals surface area contributed by atoms with Crippen molar-refractivity contribution < 1.29 is 13.5 Å². The largest absolute Gasteiger partial charge is 0.396 e. The molecule has 0 radical (unpaired) electrons. The van der Waals surface area contributed by atoms with E-state index in [1.54, 1.807) is 0 Å². The maximum atomic E-state index is 11.8. The minimum Gasteiger partial charge on any atom is -0.396 e. The molecule has 0 amide bonds. The number of aliphatic hydroxyl groups excluding tert-OH is 1. The molecule has 0 heterocycles. The fraction of sp³-hybridized carbons (Fsp3) is 1.00. The second kappa shape index (κ2) is 5.98. The van der Waals surface area contributed by atoms with Gasteiger partial charge in [0, 0.05) is 12.6 Å². The van der Waals surface area contributed by atoms with Crippen molar-refractivity contribution in [3.63, 3.8) is 0 Å². The lowest BCUT2D eigenvalue weighted by Crippen LogP contribution is -2.39. The summed E-state index contributed by atoms with van der Waals surface area (Å²) in [6.07, 6.45) is 3.47. The highest BCUT2D eigenvalue weighted by atomic mass is 32.2. The molecule has 0 aromatic heterocycles. The van der Waals surface area contributed by atoms with Gasteiger partial charge in [-0.1, -0.05) is 20.3 Å². The Morgan fingerprint density at radius 2 is 2.06 bits per heavy atom. The van der Waals surface area contributed by atoms with Crippen LogP contribution >= 0.6 is 0 Å². The molecule has 2 unspecified atom stereocenters. The van der Waals surface area contributed by atoms with Crippen molar-refractivity contribution in [2.24, 2.45) is 11.8 Å². The third-order valence-corrected chi connectivity index (χ3v) is 4.62. The van der Waals surface area contributed by atoms with Crippen molar-refractivity contribution >= 4 is 10.0 Å². The Balaban J connectivity index is 2.45. The molecule has 1 saturated carbocycles. The van der Waals surface area contributed by atoms with Crippen molar-refractivity contribution in [1.29, 1.82) is 0 Å². The van der Waals surface area contributed by atoms with Crippen molar-refractivity contribution in [2.45, 2.75) is 45.6 Å². The summed E-state index contributed by atoms with van der Waals surface area (Å²) in [5.74, 6) is 0.696. The van der Waals surface area contributed by atoms with Crippen LogP contribution in [0.1, 0.15) is 39.5 Å². The summed E-state index contributed by atoms with van der Waals surface area (Å²) in [6.45, 7) is 4.11. The van der Waals surface area contributed by atoms with Gasteiger partial charge >= 0.3 is 0 Å². The molecule has 0 saturated heterocycles. The third-order valence-electron chi connectivity index (χ3n) is 3.19. The Labute approximate surface area is 98.5 Å². The van der Waals surface area contributed by atoms with E-state index in [9.17, 15) is 8.42 Å². The summed E-state index contributed by atoms with van der Waals surface area (Å²) in [6, 6.07) is -0.0536. The smallest absolute Gasteiger partial charge is 0.211 e. The Kier molecular flexibility index (Phi) is 5.21. The molecule has 4 nitrogen and oxygen atoms in total. The van der Waals surface area contributed by atoms with Crippen LogP contribution in [0.4, 0.5) is 0 Å². The minimum absolute atomic E-state index is 0.0536. The molecule has 1 aliphatic rings. The van der Waals surface area contributed by atoms with Crippen molar-refractivity contribution in [1.82, 2.24) is 4.72 Å². The summed E-state index contributed by atoms with van der Waals surface area (Å²) >= 11 is 0. The molecule has 0 aromatic carbocycles. The van der Waals surface area contributed by atoms with Gasteiger partial charge in [-0.3, -0.25) is 0 Å². The van der Waals surface area contributed by atoms with E-state index in [-0.39, 0.29) is 24.3 Å². The van der Waals surface area contributed by atoms with E-state index in [0.29, 0.717) is 12.3 Å². The first-order valence-corrected chi connectivity index (χ1v) is 7.70. The van der Waals surface area contributed by atoms with Gasteiger partial charge in [0.25, 0.3) is 0 Å². The highest BCUT2D eigenvalue weighted by Crippen LogP contribution is 2.25. The summed E-state index contributed by atoms with van der Waals surface area (Å²) in [4.78, 5) is 0. The molecular formula is C11H23NO3S. The molecule has 1 rings (SSSR count). The molecule has 0 spiro atoms. The normalized spacial score (nSPS) is 26.5. The van der Waals surface area contributed by atoms with Gasteiger partial charge in [-0.05, 0) is 31.1 Å². The molecule has 96 valence electrons. The fourth-order valence-corrected chi connectivity index (χ4v) is 3.76. The van der Waals surface area contributed by atoms with Crippen molar-refractivity contribution in [3.05, 3.63) is 0 Å². The highest BCUT2D eigenvalue weighted by Gasteiger charge is 2.29. The van der Waals surface area contributed by atoms with E-state index in [4.69, 9.17) is 5.11 Å². The molecule has 16 heavy (non-hydrogen) atoms. The van der Waals surface area contributed by atoms with E-state index in [1.807, 2.05) is 13.8 Å². The monoisotopic (exact) mass is 249 g/mol. The molecule has 0 bridgehead atoms. The predicted octanol–water partition coefficient (Wildman–Crippen LogP) is 1.11. The maximum Gasteiger partial charge on any atom is 0.211 e. The fourth-order valence-electron chi connectivity index (χ4n) is 2.09. The lowest BCUT2D eigenvalue weighted by Gasteiger charge is -2.19. The van der Waals surface area contributed by atoms with Gasteiger partial charge in [0.1, 0.15) is 0 Å². The van der Waals surface area contributed by atoms with Crippen LogP contribution in [0.25, 0.3) is 0 Å². The zero-order valence-corrected chi connectivity index (χ0v) is 11.0. The average molecular weight is 249 g/mol. The Morgan fingerprint density at radius 1 is 1.38 bits per heavy atom. The number of sulfonamides is 1. The zero-order chi connectivity index (χ0) is 12.2. The molecule has 5 heteroatoms. The second-order valence-corrected chi connectivity index (χ2v) is 6.97. The first-order chi connectivity index (χ1) is 7.44. The van der Waals surface area contributed by atoms with Gasteiger partial charge in [0.15, 0.2) is 0 Å². The third kappa shape index (κ3) is 4.39. The zero-order valence-electron chi connectivity index (χ0n) is 10.1. The molecule has 1 fully saturated rings. The number of rotatable bonds is 6. The number of nitrogens with one attached hydrogen (secondary N) is 1. The van der Waals surface area contributed by atoms with Crippen LogP contribution in [0.3, 0.4) is 0 Å². The van der Waals surface area contributed by atoms with E-state index < -0.39 is 10.0 Å². The Morgan fingerprint density at radius 3 is 2.62 bits per heavy atom. The van der Waals surface area contributed by atoms with Crippen molar-refractivity contribution in [3.8, 4) is 0 Å². The van der Waals surface area contributed by atoms with Gasteiger partial charge in [-0.15, -0.1) is 0 Å². The molecule has 0 aliphatic heterocycles. The van der Waals surface area contributed by atoms with Crippen LogP contribution in [0.15, 0.2) is 0 Å². The molecule has 2 N–H and O–H groups in total. The SMILES string of the molecule is CC(C)CCS(=O)(=O)NC1CCCC1CO. The summed E-state index contributed by atoms with van der Waals surface area (Å²) < 4.78 is 26.2. The van der Waals surface area contributed by atoms with Crippen LogP contribution < -0.4 is 4.72 Å². The summed E-state index contributed by atoms with van der Waals surface area (Å²) in [5.41, 5.74) is 0. The Bertz CT molecular complexity index is 300. The van der Waals surface area contributed by atoms with E-state index >= 15 is 0 Å². The van der Waals surface area contributed by atoms with Crippen LogP contribution in [0.5, 0.6) is 0 Å². The first-order valence-electron chi connectivity index (χ1n) is 6.05. The first kappa shape index (κ1) is 13.9. The quantitative estimate of drug-likeness (QED) is 0.741. The summed E-state index contributed by atoms with van der Waals surface area (Å²) in [7, 11) is -3.16. The van der Waals surface area contributed by atoms with E-state index in [1.165, 1.54) is 0 Å². The van der Waals surface area contributed by atoms with E-state index in [0.717, 1.165) is 19.3 Å². The van der Waals surface area contributed by atoms with Gasteiger partial charge in [-0.25, -0.2) is 13.1 Å². The van der Waals surface area contributed by atoms with Crippen LogP contribution in [-0.2, 0) is 10.0 Å². The minimum atomic E-state index is -3.16. The molecule has 1 aliphatic carbocycles. The topological polar surface area (TPSA) is 66.4 Å². The Hall–Kier alpha value is -0.130. The lowest BCUT2D eigenvalue weighted by atomic mass is 10.1. The van der Waals surface area contributed by atoms with E-state index in [2.05, 4.69) is 4.72 Å². The molecule has 2 atom stereocenters. The highest BCUT2D eigenvalue weighted by molar-refractivity contribution is 7.89.